The maximum atomic E-state index is 15.1. The predicted octanol–water partition coefficient (Wildman–Crippen LogP) is 2.14. The number of alkyl halides is 1. The number of ether oxygens (including phenoxy) is 1. The average molecular weight is 324 g/mol. The van der Waals surface area contributed by atoms with Gasteiger partial charge in [0.05, 0.1) is 13.5 Å². The van der Waals surface area contributed by atoms with E-state index in [1.165, 1.54) is 12.0 Å². The topological polar surface area (TPSA) is 78.9 Å². The molecular formula is C16H21FN2O4. The number of methoxy groups -OCH3 is 1. The molecule has 2 N–H and O–H groups in total. The Morgan fingerprint density at radius 2 is 2.09 bits per heavy atom. The summed E-state index contributed by atoms with van der Waals surface area (Å²) in [6.45, 7) is 0.639. The molecule has 2 amide bonds. The van der Waals surface area contributed by atoms with E-state index >= 15 is 4.39 Å². The highest BCUT2D eigenvalue weighted by Crippen LogP contribution is 2.38. The number of carbonyl (C=O) groups is 2. The molecule has 1 heterocycles. The van der Waals surface area contributed by atoms with Crippen molar-refractivity contribution in [3.05, 3.63) is 29.8 Å². The quantitative estimate of drug-likeness (QED) is 0.870. The van der Waals surface area contributed by atoms with Gasteiger partial charge in [-0.15, -0.1) is 0 Å². The van der Waals surface area contributed by atoms with Gasteiger partial charge in [-0.1, -0.05) is 12.1 Å². The summed E-state index contributed by atoms with van der Waals surface area (Å²) in [5.74, 6) is -0.363. The molecule has 1 aliphatic rings. The summed E-state index contributed by atoms with van der Waals surface area (Å²) in [5, 5.41) is 11.1. The van der Waals surface area contributed by atoms with Crippen LogP contribution in [-0.2, 0) is 10.5 Å². The van der Waals surface area contributed by atoms with Crippen LogP contribution in [0.4, 0.5) is 9.18 Å². The van der Waals surface area contributed by atoms with Crippen LogP contribution in [0.1, 0.15) is 24.8 Å². The Balaban J connectivity index is 1.91. The number of urea groups is 1. The van der Waals surface area contributed by atoms with Crippen molar-refractivity contribution in [3.8, 4) is 5.75 Å². The number of piperidine rings is 1. The van der Waals surface area contributed by atoms with Crippen molar-refractivity contribution in [2.45, 2.75) is 24.9 Å². The van der Waals surface area contributed by atoms with Gasteiger partial charge in [0.15, 0.2) is 0 Å². The molecule has 1 aliphatic heterocycles. The molecule has 1 aromatic carbocycles. The third-order valence-corrected chi connectivity index (χ3v) is 4.05. The van der Waals surface area contributed by atoms with Gasteiger partial charge in [0.25, 0.3) is 0 Å². The molecule has 0 bridgehead atoms. The number of hydrogen-bond donors (Lipinski definition) is 2. The second-order valence-electron chi connectivity index (χ2n) is 5.56. The third kappa shape index (κ3) is 4.34. The molecule has 1 aromatic rings. The molecule has 0 aliphatic carbocycles. The van der Waals surface area contributed by atoms with E-state index in [2.05, 4.69) is 5.32 Å². The standard InChI is InChI=1S/C16H21FN2O4/c1-23-13-4-2-3-12(11-13)16(17)6-9-19(10-7-16)15(22)18-8-5-14(20)21/h2-4,11H,5-10H2,1H3,(H,18,22)(H,20,21). The second-order valence-corrected chi connectivity index (χ2v) is 5.56. The van der Waals surface area contributed by atoms with Gasteiger partial charge < -0.3 is 20.1 Å². The lowest BCUT2D eigenvalue weighted by atomic mass is 9.86. The number of carboxylic acids is 1. The summed E-state index contributed by atoms with van der Waals surface area (Å²) in [7, 11) is 1.54. The van der Waals surface area contributed by atoms with Crippen molar-refractivity contribution in [1.82, 2.24) is 10.2 Å². The average Bonchev–Trinajstić information content (AvgIpc) is 2.55. The number of benzene rings is 1. The number of carboxylic acid groups (broad SMARTS) is 1. The minimum Gasteiger partial charge on any atom is -0.497 e. The summed E-state index contributed by atoms with van der Waals surface area (Å²) in [4.78, 5) is 23.8. The van der Waals surface area contributed by atoms with Crippen molar-refractivity contribution >= 4 is 12.0 Å². The molecule has 126 valence electrons. The summed E-state index contributed by atoms with van der Waals surface area (Å²) in [5.41, 5.74) is -0.922. The minimum atomic E-state index is -1.48. The molecule has 0 radical (unpaired) electrons. The first-order chi connectivity index (χ1) is 10.9. The van der Waals surface area contributed by atoms with Gasteiger partial charge in [-0.05, 0) is 17.7 Å². The van der Waals surface area contributed by atoms with E-state index in [1.807, 2.05) is 0 Å². The number of hydrogen-bond acceptors (Lipinski definition) is 3. The smallest absolute Gasteiger partial charge is 0.317 e. The predicted molar refractivity (Wildman–Crippen MR) is 82.2 cm³/mol. The first kappa shape index (κ1) is 17.1. The van der Waals surface area contributed by atoms with Crippen LogP contribution in [0, 0.1) is 0 Å². The van der Waals surface area contributed by atoms with E-state index in [1.54, 1.807) is 24.3 Å². The second kappa shape index (κ2) is 7.30. The molecule has 2 rings (SSSR count). The Morgan fingerprint density at radius 3 is 2.70 bits per heavy atom. The number of nitrogens with one attached hydrogen (secondary N) is 1. The molecule has 0 spiro atoms. The Bertz CT molecular complexity index is 571. The van der Waals surface area contributed by atoms with Crippen molar-refractivity contribution in [3.63, 3.8) is 0 Å². The number of rotatable bonds is 5. The van der Waals surface area contributed by atoms with Gasteiger partial charge >= 0.3 is 12.0 Å². The maximum absolute atomic E-state index is 15.1. The Labute approximate surface area is 134 Å². The zero-order valence-corrected chi connectivity index (χ0v) is 13.0. The highest BCUT2D eigenvalue weighted by molar-refractivity contribution is 5.75. The van der Waals surface area contributed by atoms with Crippen LogP contribution in [0.5, 0.6) is 5.75 Å². The zero-order chi connectivity index (χ0) is 16.9. The molecule has 7 heteroatoms. The van der Waals surface area contributed by atoms with E-state index in [9.17, 15) is 9.59 Å². The van der Waals surface area contributed by atoms with Crippen LogP contribution in [0.3, 0.4) is 0 Å². The number of likely N-dealkylation sites (tertiary alicyclic amines) is 1. The molecule has 0 aromatic heterocycles. The SMILES string of the molecule is COc1cccc(C2(F)CCN(C(=O)NCCC(=O)O)CC2)c1. The maximum Gasteiger partial charge on any atom is 0.317 e. The summed E-state index contributed by atoms with van der Waals surface area (Å²) in [6.07, 6.45) is 0.273. The lowest BCUT2D eigenvalue weighted by molar-refractivity contribution is -0.136. The lowest BCUT2D eigenvalue weighted by Crippen LogP contribution is -2.47. The fraction of sp³-hybridized carbons (Fsp3) is 0.500. The minimum absolute atomic E-state index is 0.0708. The van der Waals surface area contributed by atoms with E-state index in [-0.39, 0.29) is 44.9 Å². The van der Waals surface area contributed by atoms with E-state index in [0.29, 0.717) is 11.3 Å². The van der Waals surface area contributed by atoms with Gasteiger partial charge in [0.1, 0.15) is 11.4 Å². The van der Waals surface area contributed by atoms with Crippen LogP contribution in [0.15, 0.2) is 24.3 Å². The van der Waals surface area contributed by atoms with E-state index in [0.717, 1.165) is 0 Å². The van der Waals surface area contributed by atoms with Crippen molar-refractivity contribution in [1.29, 1.82) is 0 Å². The van der Waals surface area contributed by atoms with Gasteiger partial charge in [-0.25, -0.2) is 9.18 Å². The normalized spacial score (nSPS) is 16.7. The summed E-state index contributed by atoms with van der Waals surface area (Å²) in [6, 6.07) is 6.57. The first-order valence-electron chi connectivity index (χ1n) is 7.52. The molecule has 1 fully saturated rings. The van der Waals surface area contributed by atoms with Crippen LogP contribution >= 0.6 is 0 Å². The lowest BCUT2D eigenvalue weighted by Gasteiger charge is -2.36. The van der Waals surface area contributed by atoms with E-state index < -0.39 is 11.6 Å². The van der Waals surface area contributed by atoms with E-state index in [4.69, 9.17) is 9.84 Å². The van der Waals surface area contributed by atoms with Crippen LogP contribution in [0.2, 0.25) is 0 Å². The van der Waals surface area contributed by atoms with Crippen molar-refractivity contribution < 1.29 is 23.8 Å². The van der Waals surface area contributed by atoms with Crippen molar-refractivity contribution in [2.75, 3.05) is 26.7 Å². The molecular weight excluding hydrogens is 303 g/mol. The van der Waals surface area contributed by atoms with Crippen LogP contribution in [-0.4, -0.2) is 48.8 Å². The monoisotopic (exact) mass is 324 g/mol. The first-order valence-corrected chi connectivity index (χ1v) is 7.52. The number of nitrogens with zero attached hydrogens (tertiary/aromatic N) is 1. The Kier molecular flexibility index (Phi) is 5.41. The fourth-order valence-corrected chi connectivity index (χ4v) is 2.64. The number of halogens is 1. The third-order valence-electron chi connectivity index (χ3n) is 4.05. The van der Waals surface area contributed by atoms with Crippen LogP contribution in [0.25, 0.3) is 0 Å². The highest BCUT2D eigenvalue weighted by atomic mass is 19.1. The van der Waals surface area contributed by atoms with Gasteiger partial charge in [0, 0.05) is 32.5 Å². The number of aliphatic carboxylic acids is 1. The molecule has 6 nitrogen and oxygen atoms in total. The highest BCUT2D eigenvalue weighted by Gasteiger charge is 2.37. The van der Waals surface area contributed by atoms with Gasteiger partial charge in [-0.2, -0.15) is 0 Å². The van der Waals surface area contributed by atoms with Gasteiger partial charge in [0.2, 0.25) is 0 Å². The van der Waals surface area contributed by atoms with Crippen LogP contribution < -0.4 is 10.1 Å². The fourth-order valence-electron chi connectivity index (χ4n) is 2.64. The number of amides is 2. The largest absolute Gasteiger partial charge is 0.497 e. The Hall–Kier alpha value is -2.31. The Morgan fingerprint density at radius 1 is 1.39 bits per heavy atom. The zero-order valence-electron chi connectivity index (χ0n) is 13.0. The van der Waals surface area contributed by atoms with Crippen molar-refractivity contribution in [2.24, 2.45) is 0 Å². The molecule has 1 saturated heterocycles. The molecule has 0 atom stereocenters. The molecule has 0 saturated carbocycles. The summed E-state index contributed by atoms with van der Waals surface area (Å²) >= 11 is 0. The number of carbonyl (C=O) groups excluding carboxylic acids is 1. The van der Waals surface area contributed by atoms with Gasteiger partial charge in [-0.3, -0.25) is 4.79 Å². The summed E-state index contributed by atoms with van der Waals surface area (Å²) < 4.78 is 20.2. The molecule has 23 heavy (non-hydrogen) atoms. The molecule has 0 unspecified atom stereocenters.